The fraction of sp³-hybridized carbons (Fsp3) is 0.615. The molecule has 1 aromatic heterocycles. The molecule has 2 atom stereocenters. The Kier molecular flexibility index (Phi) is 3.82. The number of ether oxygens (including phenoxy) is 1. The van der Waals surface area contributed by atoms with Gasteiger partial charge in [0.1, 0.15) is 0 Å². The topological polar surface area (TPSA) is 82.3 Å². The van der Waals surface area contributed by atoms with Crippen LogP contribution in [-0.4, -0.2) is 31.4 Å². The number of hydrogen-bond donors (Lipinski definition) is 1. The third-order valence-electron chi connectivity index (χ3n) is 3.78. The zero-order chi connectivity index (χ0) is 14.2. The van der Waals surface area contributed by atoms with Gasteiger partial charge in [0.25, 0.3) is 0 Å². The maximum absolute atomic E-state index is 12.4. The van der Waals surface area contributed by atoms with Gasteiger partial charge < -0.3 is 10.5 Å². The molecule has 19 heavy (non-hydrogen) atoms. The van der Waals surface area contributed by atoms with E-state index >= 15 is 0 Å². The first-order valence-corrected chi connectivity index (χ1v) is 8.08. The monoisotopic (exact) mass is 284 g/mol. The average Bonchev–Trinajstić information content (AvgIpc) is 2.77. The number of sulfone groups is 1. The molecule has 1 aliphatic heterocycles. The number of pyridine rings is 1. The molecule has 2 heterocycles. The Bertz CT molecular complexity index is 584. The molecule has 106 valence electrons. The van der Waals surface area contributed by atoms with Gasteiger partial charge in [0, 0.05) is 18.5 Å². The molecule has 1 saturated heterocycles. The van der Waals surface area contributed by atoms with Crippen LogP contribution in [0.5, 0.6) is 0 Å². The van der Waals surface area contributed by atoms with Gasteiger partial charge >= 0.3 is 0 Å². The molecule has 6 heteroatoms. The molecule has 0 aliphatic carbocycles. The molecule has 1 aromatic rings. The fourth-order valence-electron chi connectivity index (χ4n) is 2.42. The lowest BCUT2D eigenvalue weighted by Gasteiger charge is -2.16. The highest BCUT2D eigenvalue weighted by Gasteiger charge is 2.36. The normalized spacial score (nSPS) is 23.7. The summed E-state index contributed by atoms with van der Waals surface area (Å²) >= 11 is 0. The van der Waals surface area contributed by atoms with Crippen LogP contribution >= 0.6 is 0 Å². The molecule has 0 spiro atoms. The van der Waals surface area contributed by atoms with Gasteiger partial charge in [-0.05, 0) is 38.3 Å². The maximum atomic E-state index is 12.4. The standard InChI is InChI=1S/C13H20N2O3S/c1-8-6-15-11(9(2)13(8)14)7-19(16,17)12-4-5-18-10(12)3/h6,10,12H,4-5,7H2,1-3H3,(H2,14,15). The first kappa shape index (κ1) is 14.3. The highest BCUT2D eigenvalue weighted by atomic mass is 32.2. The zero-order valence-electron chi connectivity index (χ0n) is 11.5. The molecule has 0 bridgehead atoms. The van der Waals surface area contributed by atoms with Crippen molar-refractivity contribution >= 4 is 15.5 Å². The van der Waals surface area contributed by atoms with E-state index in [0.29, 0.717) is 24.4 Å². The van der Waals surface area contributed by atoms with Crippen molar-refractivity contribution in [3.63, 3.8) is 0 Å². The molecule has 2 unspecified atom stereocenters. The minimum absolute atomic E-state index is 0.0678. The predicted octanol–water partition coefficient (Wildman–Crippen LogP) is 1.37. The largest absolute Gasteiger partial charge is 0.398 e. The van der Waals surface area contributed by atoms with Crippen LogP contribution in [0.1, 0.15) is 30.2 Å². The van der Waals surface area contributed by atoms with Gasteiger partial charge in [0.15, 0.2) is 9.84 Å². The van der Waals surface area contributed by atoms with Gasteiger partial charge in [-0.15, -0.1) is 0 Å². The van der Waals surface area contributed by atoms with Crippen molar-refractivity contribution in [2.24, 2.45) is 0 Å². The highest BCUT2D eigenvalue weighted by Crippen LogP contribution is 2.26. The minimum Gasteiger partial charge on any atom is -0.398 e. The Morgan fingerprint density at radius 1 is 1.47 bits per heavy atom. The van der Waals surface area contributed by atoms with Crippen LogP contribution < -0.4 is 5.73 Å². The molecule has 0 saturated carbocycles. The summed E-state index contributed by atoms with van der Waals surface area (Å²) < 4.78 is 30.1. The highest BCUT2D eigenvalue weighted by molar-refractivity contribution is 7.91. The van der Waals surface area contributed by atoms with Crippen molar-refractivity contribution in [1.29, 1.82) is 0 Å². The lowest BCUT2D eigenvalue weighted by atomic mass is 10.1. The molecule has 2 N–H and O–H groups in total. The van der Waals surface area contributed by atoms with Crippen LogP contribution in [0.25, 0.3) is 0 Å². The van der Waals surface area contributed by atoms with E-state index in [0.717, 1.165) is 11.1 Å². The summed E-state index contributed by atoms with van der Waals surface area (Å²) in [5.74, 6) is -0.0678. The number of hydrogen-bond acceptors (Lipinski definition) is 5. The van der Waals surface area contributed by atoms with Crippen LogP contribution in [0.15, 0.2) is 6.20 Å². The van der Waals surface area contributed by atoms with E-state index in [1.807, 2.05) is 13.8 Å². The van der Waals surface area contributed by atoms with Gasteiger partial charge in [-0.1, -0.05) is 0 Å². The second-order valence-electron chi connectivity index (χ2n) is 5.14. The third kappa shape index (κ3) is 2.74. The number of anilines is 1. The van der Waals surface area contributed by atoms with E-state index in [-0.39, 0.29) is 11.9 Å². The van der Waals surface area contributed by atoms with Crippen molar-refractivity contribution in [2.75, 3.05) is 12.3 Å². The Hall–Kier alpha value is -1.14. The number of nitrogens with zero attached hydrogens (tertiary/aromatic N) is 1. The Morgan fingerprint density at radius 3 is 2.74 bits per heavy atom. The Labute approximate surface area is 114 Å². The molecule has 2 rings (SSSR count). The summed E-state index contributed by atoms with van der Waals surface area (Å²) in [4.78, 5) is 4.22. The summed E-state index contributed by atoms with van der Waals surface area (Å²) in [5.41, 5.74) is 8.72. The van der Waals surface area contributed by atoms with Crippen molar-refractivity contribution in [2.45, 2.75) is 44.3 Å². The zero-order valence-corrected chi connectivity index (χ0v) is 12.3. The molecule has 1 fully saturated rings. The summed E-state index contributed by atoms with van der Waals surface area (Å²) in [7, 11) is -3.26. The van der Waals surface area contributed by atoms with Crippen molar-refractivity contribution < 1.29 is 13.2 Å². The number of nitrogens with two attached hydrogens (primary N) is 1. The molecule has 0 amide bonds. The molecule has 5 nitrogen and oxygen atoms in total. The van der Waals surface area contributed by atoms with E-state index in [9.17, 15) is 8.42 Å². The second-order valence-corrected chi connectivity index (χ2v) is 7.36. The van der Waals surface area contributed by atoms with E-state index in [4.69, 9.17) is 10.5 Å². The summed E-state index contributed by atoms with van der Waals surface area (Å²) in [6.07, 6.45) is 1.94. The first-order chi connectivity index (χ1) is 8.83. The summed E-state index contributed by atoms with van der Waals surface area (Å²) in [6, 6.07) is 0. The maximum Gasteiger partial charge on any atom is 0.161 e. The van der Waals surface area contributed by atoms with Crippen molar-refractivity contribution in [3.05, 3.63) is 23.0 Å². The SMILES string of the molecule is Cc1cnc(CS(=O)(=O)C2CCOC2C)c(C)c1N. The van der Waals surface area contributed by atoms with E-state index in [1.54, 1.807) is 13.1 Å². The van der Waals surface area contributed by atoms with Crippen LogP contribution in [0.2, 0.25) is 0 Å². The molecular formula is C13H20N2O3S. The molecular weight excluding hydrogens is 264 g/mol. The van der Waals surface area contributed by atoms with Crippen LogP contribution in [0, 0.1) is 13.8 Å². The van der Waals surface area contributed by atoms with E-state index < -0.39 is 15.1 Å². The van der Waals surface area contributed by atoms with Gasteiger partial charge in [0.05, 0.1) is 22.8 Å². The van der Waals surface area contributed by atoms with Crippen LogP contribution in [-0.2, 0) is 20.3 Å². The van der Waals surface area contributed by atoms with Crippen molar-refractivity contribution in [1.82, 2.24) is 4.98 Å². The van der Waals surface area contributed by atoms with E-state index in [1.165, 1.54) is 0 Å². The Morgan fingerprint density at radius 2 is 2.16 bits per heavy atom. The van der Waals surface area contributed by atoms with Gasteiger partial charge in [-0.25, -0.2) is 8.42 Å². The lowest BCUT2D eigenvalue weighted by molar-refractivity contribution is 0.126. The number of aromatic nitrogens is 1. The third-order valence-corrected chi connectivity index (χ3v) is 6.00. The molecule has 0 aromatic carbocycles. The minimum atomic E-state index is -3.26. The second kappa shape index (κ2) is 5.09. The first-order valence-electron chi connectivity index (χ1n) is 6.36. The lowest BCUT2D eigenvalue weighted by Crippen LogP contribution is -2.29. The molecule has 1 aliphatic rings. The summed E-state index contributed by atoms with van der Waals surface area (Å²) in [5, 5.41) is -0.434. The van der Waals surface area contributed by atoms with Crippen LogP contribution in [0.3, 0.4) is 0 Å². The van der Waals surface area contributed by atoms with Crippen molar-refractivity contribution in [3.8, 4) is 0 Å². The van der Waals surface area contributed by atoms with Gasteiger partial charge in [-0.2, -0.15) is 0 Å². The average molecular weight is 284 g/mol. The number of nitrogen functional groups attached to an aromatic ring is 1. The van der Waals surface area contributed by atoms with Gasteiger partial charge in [0.2, 0.25) is 0 Å². The smallest absolute Gasteiger partial charge is 0.161 e. The predicted molar refractivity (Wildman–Crippen MR) is 74.6 cm³/mol. The fourth-order valence-corrected chi connectivity index (χ4v) is 4.42. The van der Waals surface area contributed by atoms with Gasteiger partial charge in [-0.3, -0.25) is 4.98 Å². The molecule has 0 radical (unpaired) electrons. The van der Waals surface area contributed by atoms with Crippen LogP contribution in [0.4, 0.5) is 5.69 Å². The summed E-state index contributed by atoms with van der Waals surface area (Å²) in [6.45, 7) is 5.99. The van der Waals surface area contributed by atoms with E-state index in [2.05, 4.69) is 4.98 Å². The number of aryl methyl sites for hydroxylation is 1. The number of rotatable bonds is 3. The quantitative estimate of drug-likeness (QED) is 0.906. The Balaban J connectivity index is 2.28.